The average Bonchev–Trinajstić information content (AvgIpc) is 3.15. The molecule has 0 radical (unpaired) electrons. The standard InChI is InChI=1S/C47H89N2O6P/c1-6-8-10-12-13-14-15-16-17-18-19-20-21-22-23-24-25-26-27-28-29-30-31-32-33-34-35-37-39-41-47(51)48-45(46(50)40-38-36-11-9-7-2)44-55-56(52,53)54-43-42-49(3,4)5/h8,10,13-14,16-17,19-20,45-46,50H,6-7,9,11-12,15,18,21-44H2,1-5H3,(H-,48,51,52,53)/b10-8-,14-13-,17-16-,20-19-. The third kappa shape index (κ3) is 40.6. The topological polar surface area (TPSA) is 108 Å². The van der Waals surface area contributed by atoms with Crippen LogP contribution in [0.15, 0.2) is 48.6 Å². The zero-order valence-corrected chi connectivity index (χ0v) is 38.0. The van der Waals surface area contributed by atoms with E-state index in [9.17, 15) is 19.4 Å². The number of nitrogens with zero attached hydrogens (tertiary/aromatic N) is 1. The van der Waals surface area contributed by atoms with Gasteiger partial charge < -0.3 is 28.8 Å². The molecule has 1 amide bonds. The summed E-state index contributed by atoms with van der Waals surface area (Å²) in [5.74, 6) is -0.173. The summed E-state index contributed by atoms with van der Waals surface area (Å²) in [7, 11) is 1.30. The van der Waals surface area contributed by atoms with Crippen LogP contribution in [0.2, 0.25) is 0 Å². The Morgan fingerprint density at radius 2 is 1.09 bits per heavy atom. The molecule has 0 saturated carbocycles. The predicted molar refractivity (Wildman–Crippen MR) is 238 cm³/mol. The van der Waals surface area contributed by atoms with Gasteiger partial charge in [-0.1, -0.05) is 184 Å². The Morgan fingerprint density at radius 1 is 0.643 bits per heavy atom. The number of phosphoric ester groups is 1. The first-order valence-electron chi connectivity index (χ1n) is 23.0. The van der Waals surface area contributed by atoms with Crippen LogP contribution in [0, 0.1) is 0 Å². The Balaban J connectivity index is 3.90. The fourth-order valence-corrected chi connectivity index (χ4v) is 7.16. The minimum atomic E-state index is -4.55. The molecular formula is C47H89N2O6P. The van der Waals surface area contributed by atoms with Crippen molar-refractivity contribution >= 4 is 13.7 Å². The number of quaternary nitrogens is 1. The van der Waals surface area contributed by atoms with Crippen LogP contribution in [0.4, 0.5) is 0 Å². The smallest absolute Gasteiger partial charge is 0.268 e. The van der Waals surface area contributed by atoms with Gasteiger partial charge in [0.25, 0.3) is 7.82 Å². The highest BCUT2D eigenvalue weighted by atomic mass is 31.2. The van der Waals surface area contributed by atoms with E-state index in [-0.39, 0.29) is 19.1 Å². The number of amides is 1. The zero-order valence-electron chi connectivity index (χ0n) is 37.1. The molecule has 0 aromatic rings. The molecule has 2 N–H and O–H groups in total. The van der Waals surface area contributed by atoms with Crippen molar-refractivity contribution in [2.24, 2.45) is 0 Å². The fraction of sp³-hybridized carbons (Fsp3) is 0.809. The molecule has 0 fully saturated rings. The lowest BCUT2D eigenvalue weighted by atomic mass is 10.0. The van der Waals surface area contributed by atoms with Crippen LogP contribution in [-0.2, 0) is 18.4 Å². The highest BCUT2D eigenvalue weighted by Gasteiger charge is 2.24. The number of likely N-dealkylation sites (N-methyl/N-ethyl adjacent to an activating group) is 1. The summed E-state index contributed by atoms with van der Waals surface area (Å²) in [6.45, 7) is 4.51. The second kappa shape index (κ2) is 38.9. The van der Waals surface area contributed by atoms with Gasteiger partial charge in [-0.3, -0.25) is 9.36 Å². The number of carbonyl (C=O) groups excluding carboxylic acids is 1. The largest absolute Gasteiger partial charge is 0.756 e. The van der Waals surface area contributed by atoms with Gasteiger partial charge in [0.15, 0.2) is 0 Å². The van der Waals surface area contributed by atoms with Crippen molar-refractivity contribution < 1.29 is 32.9 Å². The summed E-state index contributed by atoms with van der Waals surface area (Å²) in [5, 5.41) is 13.7. The van der Waals surface area contributed by atoms with E-state index in [2.05, 4.69) is 67.8 Å². The van der Waals surface area contributed by atoms with Crippen LogP contribution < -0.4 is 10.2 Å². The van der Waals surface area contributed by atoms with Crippen LogP contribution in [0.5, 0.6) is 0 Å². The average molecular weight is 809 g/mol. The second-order valence-electron chi connectivity index (χ2n) is 16.7. The summed E-state index contributed by atoms with van der Waals surface area (Å²) in [4.78, 5) is 25.1. The van der Waals surface area contributed by atoms with Crippen molar-refractivity contribution in [2.45, 2.75) is 206 Å². The predicted octanol–water partition coefficient (Wildman–Crippen LogP) is 12.2. The van der Waals surface area contributed by atoms with E-state index in [0.717, 1.165) is 77.0 Å². The van der Waals surface area contributed by atoms with Crippen LogP contribution >= 0.6 is 7.82 Å². The van der Waals surface area contributed by atoms with Crippen LogP contribution in [-0.4, -0.2) is 68.5 Å². The molecule has 9 heteroatoms. The number of phosphoric acid groups is 1. The number of aliphatic hydroxyl groups is 1. The van der Waals surface area contributed by atoms with Crippen molar-refractivity contribution in [2.75, 3.05) is 40.9 Å². The van der Waals surface area contributed by atoms with Crippen molar-refractivity contribution in [1.82, 2.24) is 5.32 Å². The first kappa shape index (κ1) is 54.5. The Kier molecular flexibility index (Phi) is 37.9. The van der Waals surface area contributed by atoms with Gasteiger partial charge in [0.2, 0.25) is 5.91 Å². The van der Waals surface area contributed by atoms with Gasteiger partial charge in [0.1, 0.15) is 13.2 Å². The third-order valence-electron chi connectivity index (χ3n) is 10.1. The first-order chi connectivity index (χ1) is 27.0. The summed E-state index contributed by atoms with van der Waals surface area (Å²) in [6.07, 6.45) is 48.9. The molecule has 0 saturated heterocycles. The SMILES string of the molecule is CC/C=C\C/C=C\C/C=C\C/C=C\CCCCCCCCCCCCCCCCCCC(=O)NC(COP(=O)([O-])OCC[N+](C)(C)C)C(O)CCCCCCC. The fourth-order valence-electron chi connectivity index (χ4n) is 6.44. The molecule has 0 aliphatic heterocycles. The normalized spacial score (nSPS) is 14.8. The quantitative estimate of drug-likeness (QED) is 0.0276. The van der Waals surface area contributed by atoms with Gasteiger partial charge in [-0.05, 0) is 51.4 Å². The maximum atomic E-state index is 12.8. The van der Waals surface area contributed by atoms with Gasteiger partial charge in [-0.25, -0.2) is 0 Å². The van der Waals surface area contributed by atoms with Crippen molar-refractivity contribution in [3.8, 4) is 0 Å². The number of nitrogens with one attached hydrogen (secondary N) is 1. The molecule has 0 aromatic heterocycles. The molecule has 56 heavy (non-hydrogen) atoms. The van der Waals surface area contributed by atoms with E-state index in [0.29, 0.717) is 23.9 Å². The Morgan fingerprint density at radius 3 is 1.59 bits per heavy atom. The van der Waals surface area contributed by atoms with Crippen LogP contribution in [0.1, 0.15) is 194 Å². The maximum absolute atomic E-state index is 12.8. The van der Waals surface area contributed by atoms with Gasteiger partial charge >= 0.3 is 0 Å². The summed E-state index contributed by atoms with van der Waals surface area (Å²) < 4.78 is 23.1. The van der Waals surface area contributed by atoms with Gasteiger partial charge in [0, 0.05) is 6.42 Å². The summed E-state index contributed by atoms with van der Waals surface area (Å²) in [6, 6.07) is -0.796. The van der Waals surface area contributed by atoms with E-state index in [4.69, 9.17) is 9.05 Å². The molecule has 0 heterocycles. The van der Waals surface area contributed by atoms with Gasteiger partial charge in [-0.15, -0.1) is 0 Å². The van der Waals surface area contributed by atoms with E-state index in [1.165, 1.54) is 89.9 Å². The van der Waals surface area contributed by atoms with Crippen LogP contribution in [0.3, 0.4) is 0 Å². The van der Waals surface area contributed by atoms with Crippen molar-refractivity contribution in [3.63, 3.8) is 0 Å². The molecule has 8 nitrogen and oxygen atoms in total. The molecule has 0 aliphatic rings. The lowest BCUT2D eigenvalue weighted by Crippen LogP contribution is -2.46. The van der Waals surface area contributed by atoms with E-state index in [1.54, 1.807) is 0 Å². The Labute approximate surface area is 346 Å². The summed E-state index contributed by atoms with van der Waals surface area (Å²) >= 11 is 0. The number of hydrogen-bond donors (Lipinski definition) is 2. The Bertz CT molecular complexity index is 1050. The Hall–Kier alpha value is -1.54. The van der Waals surface area contributed by atoms with Crippen molar-refractivity contribution in [1.29, 1.82) is 0 Å². The minimum Gasteiger partial charge on any atom is -0.756 e. The monoisotopic (exact) mass is 809 g/mol. The number of allylic oxidation sites excluding steroid dienone is 8. The third-order valence-corrected chi connectivity index (χ3v) is 11.0. The number of rotatable bonds is 41. The lowest BCUT2D eigenvalue weighted by Gasteiger charge is -2.30. The number of unbranched alkanes of at least 4 members (excludes halogenated alkanes) is 20. The van der Waals surface area contributed by atoms with Crippen molar-refractivity contribution in [3.05, 3.63) is 48.6 Å². The molecule has 0 bridgehead atoms. The first-order valence-corrected chi connectivity index (χ1v) is 24.4. The van der Waals surface area contributed by atoms with Gasteiger partial charge in [0.05, 0.1) is 39.9 Å². The van der Waals surface area contributed by atoms with Crippen LogP contribution in [0.25, 0.3) is 0 Å². The number of carbonyl (C=O) groups is 1. The molecule has 0 aromatic carbocycles. The minimum absolute atomic E-state index is 0.0108. The molecule has 0 aliphatic carbocycles. The maximum Gasteiger partial charge on any atom is 0.268 e. The highest BCUT2D eigenvalue weighted by molar-refractivity contribution is 7.45. The molecule has 0 rings (SSSR count). The molecular weight excluding hydrogens is 719 g/mol. The molecule has 0 spiro atoms. The molecule has 3 atom stereocenters. The lowest BCUT2D eigenvalue weighted by molar-refractivity contribution is -0.870. The number of aliphatic hydroxyl groups excluding tert-OH is 1. The zero-order chi connectivity index (χ0) is 41.4. The summed E-state index contributed by atoms with van der Waals surface area (Å²) in [5.41, 5.74) is 0. The van der Waals surface area contributed by atoms with E-state index in [1.807, 2.05) is 21.1 Å². The van der Waals surface area contributed by atoms with E-state index < -0.39 is 20.0 Å². The van der Waals surface area contributed by atoms with Gasteiger partial charge in [-0.2, -0.15) is 0 Å². The number of hydrogen-bond acceptors (Lipinski definition) is 6. The molecule has 3 unspecified atom stereocenters. The molecule has 328 valence electrons. The highest BCUT2D eigenvalue weighted by Crippen LogP contribution is 2.38. The van der Waals surface area contributed by atoms with E-state index >= 15 is 0 Å². The second-order valence-corrected chi connectivity index (χ2v) is 18.1.